The molecule has 0 aliphatic heterocycles. The summed E-state index contributed by atoms with van der Waals surface area (Å²) in [5.41, 5.74) is 5.62. The SMILES string of the molecule is CC/C(=C\N)[Si](C)(C)CC(C)C. The number of hydrogen-bond donors (Lipinski definition) is 1. The quantitative estimate of drug-likeness (QED) is 0.669. The van der Waals surface area contributed by atoms with Gasteiger partial charge in [-0.15, -0.1) is 0 Å². The van der Waals surface area contributed by atoms with E-state index in [0.29, 0.717) is 0 Å². The van der Waals surface area contributed by atoms with Gasteiger partial charge in [-0.25, -0.2) is 0 Å². The van der Waals surface area contributed by atoms with Crippen molar-refractivity contribution in [2.45, 2.75) is 46.3 Å². The van der Waals surface area contributed by atoms with Gasteiger partial charge in [0.2, 0.25) is 0 Å². The van der Waals surface area contributed by atoms with Crippen molar-refractivity contribution in [3.8, 4) is 0 Å². The van der Waals surface area contributed by atoms with Crippen LogP contribution in [0.5, 0.6) is 0 Å². The first kappa shape index (κ1) is 11.8. The van der Waals surface area contributed by atoms with Gasteiger partial charge in [0.25, 0.3) is 0 Å². The summed E-state index contributed by atoms with van der Waals surface area (Å²) in [5.74, 6) is 0.799. The van der Waals surface area contributed by atoms with Gasteiger partial charge in [0.05, 0.1) is 8.07 Å². The first-order valence-electron chi connectivity index (χ1n) is 4.85. The van der Waals surface area contributed by atoms with Crippen molar-refractivity contribution in [1.29, 1.82) is 0 Å². The number of nitrogens with two attached hydrogens (primary N) is 1. The number of hydrogen-bond acceptors (Lipinski definition) is 1. The lowest BCUT2D eigenvalue weighted by atomic mass is 10.3. The summed E-state index contributed by atoms with van der Waals surface area (Å²) in [7, 11) is -1.16. The van der Waals surface area contributed by atoms with E-state index in [4.69, 9.17) is 5.73 Å². The van der Waals surface area contributed by atoms with Crippen LogP contribution < -0.4 is 5.73 Å². The maximum Gasteiger partial charge on any atom is 0.0775 e. The van der Waals surface area contributed by atoms with Crippen LogP contribution >= 0.6 is 0 Å². The Hall–Kier alpha value is -0.243. The molecule has 72 valence electrons. The van der Waals surface area contributed by atoms with Crippen molar-refractivity contribution in [3.63, 3.8) is 0 Å². The van der Waals surface area contributed by atoms with Crippen LogP contribution in [0.1, 0.15) is 27.2 Å². The molecule has 0 bridgehead atoms. The summed E-state index contributed by atoms with van der Waals surface area (Å²) in [6.07, 6.45) is 2.97. The van der Waals surface area contributed by atoms with Gasteiger partial charge >= 0.3 is 0 Å². The van der Waals surface area contributed by atoms with Gasteiger partial charge in [0, 0.05) is 0 Å². The molecule has 0 saturated carbocycles. The van der Waals surface area contributed by atoms with E-state index in [9.17, 15) is 0 Å². The summed E-state index contributed by atoms with van der Waals surface area (Å²) >= 11 is 0. The maximum absolute atomic E-state index is 5.62. The fourth-order valence-corrected chi connectivity index (χ4v) is 5.69. The third-order valence-corrected chi connectivity index (χ3v) is 6.47. The van der Waals surface area contributed by atoms with E-state index in [-0.39, 0.29) is 0 Å². The van der Waals surface area contributed by atoms with Gasteiger partial charge in [-0.05, 0) is 18.5 Å². The predicted molar refractivity (Wildman–Crippen MR) is 59.7 cm³/mol. The highest BCUT2D eigenvalue weighted by molar-refractivity contribution is 6.84. The Kier molecular flexibility index (Phi) is 4.61. The van der Waals surface area contributed by atoms with Crippen LogP contribution in [-0.4, -0.2) is 8.07 Å². The second-order valence-corrected chi connectivity index (χ2v) is 9.35. The lowest BCUT2D eigenvalue weighted by molar-refractivity contribution is 0.720. The van der Waals surface area contributed by atoms with Crippen LogP contribution in [0.25, 0.3) is 0 Å². The molecule has 12 heavy (non-hydrogen) atoms. The first-order chi connectivity index (χ1) is 5.44. The van der Waals surface area contributed by atoms with Gasteiger partial charge < -0.3 is 5.73 Å². The minimum atomic E-state index is -1.16. The molecule has 0 rings (SSSR count). The molecule has 0 heterocycles. The number of allylic oxidation sites excluding steroid dienone is 1. The Morgan fingerprint density at radius 3 is 2.17 bits per heavy atom. The average molecular weight is 185 g/mol. The smallest absolute Gasteiger partial charge is 0.0775 e. The number of rotatable bonds is 4. The summed E-state index contributed by atoms with van der Waals surface area (Å²) in [4.78, 5) is 0. The van der Waals surface area contributed by atoms with Crippen molar-refractivity contribution in [1.82, 2.24) is 0 Å². The van der Waals surface area contributed by atoms with Crippen LogP contribution in [0.4, 0.5) is 0 Å². The van der Waals surface area contributed by atoms with E-state index in [1.807, 2.05) is 6.20 Å². The van der Waals surface area contributed by atoms with Crippen molar-refractivity contribution in [2.75, 3.05) is 0 Å². The van der Waals surface area contributed by atoms with Crippen LogP contribution in [-0.2, 0) is 0 Å². The van der Waals surface area contributed by atoms with Gasteiger partial charge in [-0.2, -0.15) is 0 Å². The normalized spacial score (nSPS) is 14.0. The Morgan fingerprint density at radius 2 is 1.92 bits per heavy atom. The molecule has 0 amide bonds. The molecule has 0 aromatic heterocycles. The Bertz CT molecular complexity index is 159. The zero-order chi connectivity index (χ0) is 9.78. The lowest BCUT2D eigenvalue weighted by Crippen LogP contribution is -2.31. The Morgan fingerprint density at radius 1 is 1.42 bits per heavy atom. The zero-order valence-corrected chi connectivity index (χ0v) is 10.1. The summed E-state index contributed by atoms with van der Waals surface area (Å²) < 4.78 is 0. The van der Waals surface area contributed by atoms with Crippen LogP contribution in [0.2, 0.25) is 19.1 Å². The molecule has 1 nitrogen and oxygen atoms in total. The molecule has 0 radical (unpaired) electrons. The van der Waals surface area contributed by atoms with E-state index in [2.05, 4.69) is 33.9 Å². The van der Waals surface area contributed by atoms with E-state index in [0.717, 1.165) is 12.3 Å². The second kappa shape index (κ2) is 4.70. The molecule has 0 aliphatic carbocycles. The van der Waals surface area contributed by atoms with E-state index >= 15 is 0 Å². The second-order valence-electron chi connectivity index (χ2n) is 4.53. The first-order valence-corrected chi connectivity index (χ1v) is 8.06. The van der Waals surface area contributed by atoms with E-state index in [1.54, 1.807) is 0 Å². The third-order valence-electron chi connectivity index (χ3n) is 2.37. The minimum Gasteiger partial charge on any atom is -0.405 e. The molecule has 0 atom stereocenters. The van der Waals surface area contributed by atoms with Crippen molar-refractivity contribution < 1.29 is 0 Å². The van der Waals surface area contributed by atoms with E-state index < -0.39 is 8.07 Å². The summed E-state index contributed by atoms with van der Waals surface area (Å²) in [6, 6.07) is 1.35. The molecule has 2 N–H and O–H groups in total. The highest BCUT2D eigenvalue weighted by atomic mass is 28.3. The monoisotopic (exact) mass is 185 g/mol. The van der Waals surface area contributed by atoms with Crippen LogP contribution in [0, 0.1) is 5.92 Å². The van der Waals surface area contributed by atoms with Gasteiger partial charge in [0.1, 0.15) is 0 Å². The topological polar surface area (TPSA) is 26.0 Å². The largest absolute Gasteiger partial charge is 0.405 e. The Labute approximate surface area is 78.1 Å². The average Bonchev–Trinajstić information content (AvgIpc) is 1.85. The van der Waals surface area contributed by atoms with Crippen molar-refractivity contribution in [3.05, 3.63) is 11.4 Å². The van der Waals surface area contributed by atoms with E-state index in [1.165, 1.54) is 11.2 Å². The van der Waals surface area contributed by atoms with Crippen LogP contribution in [0.3, 0.4) is 0 Å². The van der Waals surface area contributed by atoms with Crippen LogP contribution in [0.15, 0.2) is 11.4 Å². The summed E-state index contributed by atoms with van der Waals surface area (Å²) in [6.45, 7) is 11.6. The highest BCUT2D eigenvalue weighted by Gasteiger charge is 2.25. The fourth-order valence-electron chi connectivity index (χ4n) is 1.97. The van der Waals surface area contributed by atoms with Crippen molar-refractivity contribution in [2.24, 2.45) is 11.7 Å². The molecule has 0 fully saturated rings. The maximum atomic E-state index is 5.62. The lowest BCUT2D eigenvalue weighted by Gasteiger charge is -2.26. The van der Waals surface area contributed by atoms with Gasteiger partial charge in [-0.3, -0.25) is 0 Å². The molecule has 0 saturated heterocycles. The van der Waals surface area contributed by atoms with Crippen molar-refractivity contribution >= 4 is 8.07 Å². The summed E-state index contributed by atoms with van der Waals surface area (Å²) in [5, 5.41) is 1.51. The van der Waals surface area contributed by atoms with Gasteiger partial charge in [-0.1, -0.05) is 45.1 Å². The minimum absolute atomic E-state index is 0.799. The standard InChI is InChI=1S/C10H23NSi/c1-6-10(7-11)12(4,5)8-9(2)3/h7,9H,6,8,11H2,1-5H3/b10-7+. The molecule has 0 aromatic rings. The molecular formula is C10H23NSi. The molecule has 0 spiro atoms. The zero-order valence-electron chi connectivity index (χ0n) is 9.15. The third kappa shape index (κ3) is 3.44. The fraction of sp³-hybridized carbons (Fsp3) is 0.800. The molecular weight excluding hydrogens is 162 g/mol. The molecule has 2 heteroatoms. The Balaban J connectivity index is 4.37. The molecule has 0 aromatic carbocycles. The molecule has 0 unspecified atom stereocenters. The highest BCUT2D eigenvalue weighted by Crippen LogP contribution is 2.25. The predicted octanol–water partition coefficient (Wildman–Crippen LogP) is 3.14. The molecule has 0 aliphatic rings. The van der Waals surface area contributed by atoms with Gasteiger partial charge in [0.15, 0.2) is 0 Å².